The molecule has 0 spiro atoms. The fraction of sp³-hybridized carbons (Fsp3) is 0.538. The van der Waals surface area contributed by atoms with E-state index in [-0.39, 0.29) is 17.7 Å². The average molecular weight is 238 g/mol. The Morgan fingerprint density at radius 1 is 1.29 bits per heavy atom. The number of halogens is 1. The van der Waals surface area contributed by atoms with E-state index in [2.05, 4.69) is 4.90 Å². The van der Waals surface area contributed by atoms with Crippen LogP contribution >= 0.6 is 0 Å². The molecule has 0 amide bonds. The van der Waals surface area contributed by atoms with Gasteiger partial charge in [-0.25, -0.2) is 4.39 Å². The molecule has 1 heterocycles. The van der Waals surface area contributed by atoms with Crippen LogP contribution in [0.25, 0.3) is 0 Å². The molecule has 2 rings (SSSR count). The van der Waals surface area contributed by atoms with Crippen LogP contribution < -0.4 is 15.4 Å². The third-order valence-electron chi connectivity index (χ3n) is 2.89. The fourth-order valence-corrected chi connectivity index (χ4v) is 2.13. The van der Waals surface area contributed by atoms with Gasteiger partial charge in [0.2, 0.25) is 0 Å². The summed E-state index contributed by atoms with van der Waals surface area (Å²) in [6.45, 7) is 5.73. The predicted molar refractivity (Wildman–Crippen MR) is 68.0 cm³/mol. The molecule has 0 saturated carbocycles. The van der Waals surface area contributed by atoms with Crippen molar-refractivity contribution in [3.05, 3.63) is 17.9 Å². The summed E-state index contributed by atoms with van der Waals surface area (Å²) < 4.78 is 19.1. The minimum absolute atomic E-state index is 0.0421. The number of nitrogen functional groups attached to an aromatic ring is 1. The number of ether oxygens (including phenoxy) is 1. The van der Waals surface area contributed by atoms with Crippen molar-refractivity contribution < 1.29 is 9.13 Å². The zero-order valence-electron chi connectivity index (χ0n) is 10.4. The second-order valence-electron chi connectivity index (χ2n) is 4.70. The van der Waals surface area contributed by atoms with Crippen molar-refractivity contribution in [2.24, 2.45) is 0 Å². The van der Waals surface area contributed by atoms with Crippen LogP contribution in [0.2, 0.25) is 0 Å². The van der Waals surface area contributed by atoms with E-state index in [9.17, 15) is 4.39 Å². The maximum absolute atomic E-state index is 13.7. The van der Waals surface area contributed by atoms with Gasteiger partial charge >= 0.3 is 0 Å². The molecule has 1 aliphatic rings. The topological polar surface area (TPSA) is 38.5 Å². The van der Waals surface area contributed by atoms with Crippen molar-refractivity contribution in [2.75, 3.05) is 23.7 Å². The van der Waals surface area contributed by atoms with E-state index in [1.54, 1.807) is 6.07 Å². The number of hydrogen-bond donors (Lipinski definition) is 1. The average Bonchev–Trinajstić information content (AvgIpc) is 2.74. The molecule has 0 atom stereocenters. The number of anilines is 2. The van der Waals surface area contributed by atoms with Crippen molar-refractivity contribution in [3.63, 3.8) is 0 Å². The van der Waals surface area contributed by atoms with E-state index in [1.165, 1.54) is 6.07 Å². The quantitative estimate of drug-likeness (QED) is 0.823. The molecule has 4 heteroatoms. The van der Waals surface area contributed by atoms with Crippen LogP contribution in [-0.2, 0) is 0 Å². The summed E-state index contributed by atoms with van der Waals surface area (Å²) in [7, 11) is 0. The molecule has 1 fully saturated rings. The summed E-state index contributed by atoms with van der Waals surface area (Å²) in [6.07, 6.45) is 2.29. The third-order valence-corrected chi connectivity index (χ3v) is 2.89. The maximum Gasteiger partial charge on any atom is 0.167 e. The Kier molecular flexibility index (Phi) is 3.41. The van der Waals surface area contributed by atoms with Crippen LogP contribution in [0.1, 0.15) is 26.7 Å². The van der Waals surface area contributed by atoms with Crippen LogP contribution in [-0.4, -0.2) is 19.2 Å². The summed E-state index contributed by atoms with van der Waals surface area (Å²) in [5, 5.41) is 0. The highest BCUT2D eigenvalue weighted by atomic mass is 19.1. The lowest BCUT2D eigenvalue weighted by Gasteiger charge is -2.21. The van der Waals surface area contributed by atoms with Gasteiger partial charge in [0, 0.05) is 25.2 Å². The Bertz CT molecular complexity index is 401. The van der Waals surface area contributed by atoms with Gasteiger partial charge in [-0.1, -0.05) is 0 Å². The van der Waals surface area contributed by atoms with Gasteiger partial charge in [-0.2, -0.15) is 0 Å². The molecule has 0 aromatic heterocycles. The molecule has 1 aliphatic heterocycles. The molecule has 3 nitrogen and oxygen atoms in total. The number of hydrogen-bond acceptors (Lipinski definition) is 3. The zero-order chi connectivity index (χ0) is 12.4. The summed E-state index contributed by atoms with van der Waals surface area (Å²) in [5.41, 5.74) is 7.24. The van der Waals surface area contributed by atoms with Crippen LogP contribution in [0.5, 0.6) is 5.75 Å². The largest absolute Gasteiger partial charge is 0.488 e. The van der Waals surface area contributed by atoms with Crippen LogP contribution in [0, 0.1) is 5.82 Å². The lowest BCUT2D eigenvalue weighted by atomic mass is 10.2. The van der Waals surface area contributed by atoms with Crippen molar-refractivity contribution >= 4 is 11.4 Å². The third kappa shape index (κ3) is 2.62. The lowest BCUT2D eigenvalue weighted by molar-refractivity contribution is 0.231. The maximum atomic E-state index is 13.7. The first kappa shape index (κ1) is 12.0. The van der Waals surface area contributed by atoms with E-state index in [1.807, 2.05) is 13.8 Å². The summed E-state index contributed by atoms with van der Waals surface area (Å²) in [6, 6.07) is 3.07. The molecule has 2 N–H and O–H groups in total. The number of nitrogens with two attached hydrogens (primary N) is 1. The van der Waals surface area contributed by atoms with E-state index >= 15 is 0 Å². The summed E-state index contributed by atoms with van der Waals surface area (Å²) >= 11 is 0. The molecule has 0 bridgehead atoms. The minimum atomic E-state index is -0.390. The van der Waals surface area contributed by atoms with Gasteiger partial charge in [-0.15, -0.1) is 0 Å². The summed E-state index contributed by atoms with van der Waals surface area (Å²) in [5.74, 6) is -0.102. The van der Waals surface area contributed by atoms with Crippen LogP contribution in [0.15, 0.2) is 12.1 Å². The highest BCUT2D eigenvalue weighted by Gasteiger charge is 2.18. The first-order valence-corrected chi connectivity index (χ1v) is 6.08. The molecular weight excluding hydrogens is 219 g/mol. The fourth-order valence-electron chi connectivity index (χ4n) is 2.13. The molecule has 0 unspecified atom stereocenters. The van der Waals surface area contributed by atoms with Crippen LogP contribution in [0.4, 0.5) is 15.8 Å². The van der Waals surface area contributed by atoms with Gasteiger partial charge < -0.3 is 15.4 Å². The minimum Gasteiger partial charge on any atom is -0.488 e. The van der Waals surface area contributed by atoms with Gasteiger partial charge in [0.25, 0.3) is 0 Å². The summed E-state index contributed by atoms with van der Waals surface area (Å²) in [4.78, 5) is 2.18. The standard InChI is InChI=1S/C13H19FN2O/c1-9(2)17-13-8-12(11(15)7-10(13)14)16-5-3-4-6-16/h7-9H,3-6,15H2,1-2H3. The Hall–Kier alpha value is -1.45. The second-order valence-corrected chi connectivity index (χ2v) is 4.70. The SMILES string of the molecule is CC(C)Oc1cc(N2CCCC2)c(N)cc1F. The molecule has 94 valence electrons. The smallest absolute Gasteiger partial charge is 0.167 e. The Labute approximate surface area is 101 Å². The number of benzene rings is 1. The van der Waals surface area contributed by atoms with Gasteiger partial charge in [0.15, 0.2) is 11.6 Å². The Morgan fingerprint density at radius 2 is 1.94 bits per heavy atom. The van der Waals surface area contributed by atoms with E-state index in [4.69, 9.17) is 10.5 Å². The molecule has 1 aromatic carbocycles. The van der Waals surface area contributed by atoms with E-state index in [0.717, 1.165) is 31.6 Å². The molecule has 1 saturated heterocycles. The van der Waals surface area contributed by atoms with Crippen LogP contribution in [0.3, 0.4) is 0 Å². The molecule has 1 aromatic rings. The first-order valence-electron chi connectivity index (χ1n) is 6.08. The normalized spacial score (nSPS) is 15.6. The van der Waals surface area contributed by atoms with Crippen molar-refractivity contribution in [3.8, 4) is 5.75 Å². The van der Waals surface area contributed by atoms with E-state index in [0.29, 0.717) is 5.69 Å². The zero-order valence-corrected chi connectivity index (χ0v) is 10.4. The Morgan fingerprint density at radius 3 is 2.53 bits per heavy atom. The van der Waals surface area contributed by atoms with E-state index < -0.39 is 0 Å². The highest BCUT2D eigenvalue weighted by molar-refractivity contribution is 5.70. The monoisotopic (exact) mass is 238 g/mol. The lowest BCUT2D eigenvalue weighted by Crippen LogP contribution is -2.19. The van der Waals surface area contributed by atoms with Gasteiger partial charge in [-0.3, -0.25) is 0 Å². The molecule has 17 heavy (non-hydrogen) atoms. The highest BCUT2D eigenvalue weighted by Crippen LogP contribution is 2.33. The number of nitrogens with zero attached hydrogens (tertiary/aromatic N) is 1. The van der Waals surface area contributed by atoms with Gasteiger partial charge in [-0.05, 0) is 26.7 Å². The predicted octanol–water partition coefficient (Wildman–Crippen LogP) is 2.80. The molecular formula is C13H19FN2O. The van der Waals surface area contributed by atoms with Crippen molar-refractivity contribution in [1.29, 1.82) is 0 Å². The van der Waals surface area contributed by atoms with Gasteiger partial charge in [0.05, 0.1) is 17.5 Å². The van der Waals surface area contributed by atoms with Gasteiger partial charge in [0.1, 0.15) is 0 Å². The molecule has 0 aliphatic carbocycles. The van der Waals surface area contributed by atoms with Crippen molar-refractivity contribution in [2.45, 2.75) is 32.8 Å². The Balaban J connectivity index is 2.31. The van der Waals surface area contributed by atoms with Crippen molar-refractivity contribution in [1.82, 2.24) is 0 Å². The second kappa shape index (κ2) is 4.82. The number of rotatable bonds is 3. The first-order chi connectivity index (χ1) is 8.08. The molecule has 0 radical (unpaired) electrons.